The van der Waals surface area contributed by atoms with E-state index in [-0.39, 0.29) is 25.2 Å². The second-order valence-corrected chi connectivity index (χ2v) is 5.69. The van der Waals surface area contributed by atoms with Crippen molar-refractivity contribution in [3.8, 4) is 0 Å². The van der Waals surface area contributed by atoms with Crippen molar-refractivity contribution >= 4 is 5.91 Å². The molecule has 7 heteroatoms. The van der Waals surface area contributed by atoms with Crippen LogP contribution in [0.5, 0.6) is 0 Å². The molecule has 0 saturated carbocycles. The van der Waals surface area contributed by atoms with Gasteiger partial charge >= 0.3 is 0 Å². The Bertz CT molecular complexity index is 293. The second-order valence-electron chi connectivity index (χ2n) is 5.69. The van der Waals surface area contributed by atoms with Gasteiger partial charge in [0.15, 0.2) is 0 Å². The molecule has 2 N–H and O–H groups in total. The lowest BCUT2D eigenvalue weighted by Gasteiger charge is -2.15. The van der Waals surface area contributed by atoms with Crippen LogP contribution in [0.15, 0.2) is 0 Å². The fourth-order valence-electron chi connectivity index (χ4n) is 1.65. The Labute approximate surface area is 139 Å². The first-order chi connectivity index (χ1) is 11.0. The number of nitrogens with one attached hydrogen (secondary N) is 2. The van der Waals surface area contributed by atoms with E-state index in [4.69, 9.17) is 14.2 Å². The van der Waals surface area contributed by atoms with Crippen LogP contribution in [0.25, 0.3) is 0 Å². The monoisotopic (exact) mass is 336 g/mol. The lowest BCUT2D eigenvalue weighted by molar-refractivity contribution is -0.121. The largest absolute Gasteiger partial charge is 0.378 e. The van der Waals surface area contributed by atoms with Crippen LogP contribution in [0.2, 0.25) is 0 Å². The van der Waals surface area contributed by atoms with E-state index in [0.717, 1.165) is 6.54 Å². The molecule has 0 bridgehead atoms. The van der Waals surface area contributed by atoms with Crippen LogP contribution < -0.4 is 10.6 Å². The van der Waals surface area contributed by atoms with Crippen molar-refractivity contribution in [2.24, 2.45) is 0 Å². The molecule has 0 aromatic heterocycles. The number of hydrogen-bond acceptors (Lipinski definition) is 5. The van der Waals surface area contributed by atoms with Gasteiger partial charge in [0.05, 0.1) is 45.7 Å². The Hall–Kier alpha value is -0.760. The average molecular weight is 336 g/mol. The van der Waals surface area contributed by atoms with Crippen LogP contribution >= 0.6 is 0 Å². The number of rotatable bonds is 15. The highest BCUT2D eigenvalue weighted by Gasteiger charge is 2.10. The minimum absolute atomic E-state index is 0.0137. The third-order valence-electron chi connectivity index (χ3n) is 2.92. The molecule has 0 aromatic carbocycles. The van der Waals surface area contributed by atoms with Crippen molar-refractivity contribution in [1.82, 2.24) is 10.6 Å². The summed E-state index contributed by atoms with van der Waals surface area (Å²) in [5.74, 6) is -0.159. The smallest absolute Gasteiger partial charge is 0.219 e. The summed E-state index contributed by atoms with van der Waals surface area (Å²) >= 11 is 0. The van der Waals surface area contributed by atoms with E-state index >= 15 is 0 Å². The fourth-order valence-corrected chi connectivity index (χ4v) is 1.65. The molecule has 0 aliphatic rings. The summed E-state index contributed by atoms with van der Waals surface area (Å²) in [6.07, 6.45) is -0.965. The normalized spacial score (nSPS) is 14.0. The van der Waals surface area contributed by atoms with Crippen LogP contribution in [0.1, 0.15) is 34.1 Å². The Morgan fingerprint density at radius 1 is 1.09 bits per heavy atom. The van der Waals surface area contributed by atoms with E-state index in [1.165, 1.54) is 0 Å². The highest BCUT2D eigenvalue weighted by Crippen LogP contribution is 1.96. The average Bonchev–Trinajstić information content (AvgIpc) is 2.51. The summed E-state index contributed by atoms with van der Waals surface area (Å²) in [6.45, 7) is 10.5. The zero-order valence-electron chi connectivity index (χ0n) is 14.9. The Kier molecular flexibility index (Phi) is 14.3. The van der Waals surface area contributed by atoms with E-state index in [9.17, 15) is 9.18 Å². The van der Waals surface area contributed by atoms with Crippen LogP contribution in [-0.4, -0.2) is 70.3 Å². The van der Waals surface area contributed by atoms with Gasteiger partial charge in [0.1, 0.15) is 6.17 Å². The minimum atomic E-state index is -1.20. The van der Waals surface area contributed by atoms with Crippen molar-refractivity contribution in [3.63, 3.8) is 0 Å². The SMILES string of the molecule is CCC(=O)NCC(F)COCC(C)OCCOCCNC(C)C. The molecule has 0 aromatic rings. The van der Waals surface area contributed by atoms with Crippen molar-refractivity contribution in [2.45, 2.75) is 52.4 Å². The topological polar surface area (TPSA) is 68.8 Å². The van der Waals surface area contributed by atoms with Gasteiger partial charge in [-0.3, -0.25) is 4.79 Å². The number of hydrogen-bond donors (Lipinski definition) is 2. The molecular weight excluding hydrogens is 303 g/mol. The van der Waals surface area contributed by atoms with Crippen LogP contribution in [0, 0.1) is 0 Å². The number of halogens is 1. The number of ether oxygens (including phenoxy) is 3. The molecule has 0 aliphatic heterocycles. The quantitative estimate of drug-likeness (QED) is 0.441. The summed E-state index contributed by atoms with van der Waals surface area (Å²) in [4.78, 5) is 11.0. The lowest BCUT2D eigenvalue weighted by atomic mass is 10.3. The fraction of sp³-hybridized carbons (Fsp3) is 0.938. The summed E-state index contributed by atoms with van der Waals surface area (Å²) in [7, 11) is 0. The highest BCUT2D eigenvalue weighted by molar-refractivity contribution is 5.75. The van der Waals surface area contributed by atoms with E-state index in [1.54, 1.807) is 6.92 Å². The first kappa shape index (κ1) is 22.2. The van der Waals surface area contributed by atoms with Gasteiger partial charge in [-0.05, 0) is 6.92 Å². The van der Waals surface area contributed by atoms with Gasteiger partial charge in [-0.15, -0.1) is 0 Å². The van der Waals surface area contributed by atoms with Gasteiger partial charge in [-0.2, -0.15) is 0 Å². The summed E-state index contributed by atoms with van der Waals surface area (Å²) in [5.41, 5.74) is 0. The zero-order valence-corrected chi connectivity index (χ0v) is 14.9. The molecule has 6 nitrogen and oxygen atoms in total. The number of amides is 1. The van der Waals surface area contributed by atoms with Gasteiger partial charge in [0.25, 0.3) is 0 Å². The van der Waals surface area contributed by atoms with E-state index in [0.29, 0.717) is 38.9 Å². The second kappa shape index (κ2) is 14.8. The van der Waals surface area contributed by atoms with E-state index < -0.39 is 6.17 Å². The van der Waals surface area contributed by atoms with Gasteiger partial charge in [0.2, 0.25) is 5.91 Å². The van der Waals surface area contributed by atoms with Crippen molar-refractivity contribution in [2.75, 3.05) is 46.1 Å². The van der Waals surface area contributed by atoms with E-state index in [1.807, 2.05) is 6.92 Å². The molecule has 2 atom stereocenters. The summed E-state index contributed by atoms with van der Waals surface area (Å²) < 4.78 is 29.6. The molecule has 0 heterocycles. The summed E-state index contributed by atoms with van der Waals surface area (Å²) in [6, 6.07) is 0.460. The van der Waals surface area contributed by atoms with Gasteiger partial charge < -0.3 is 24.8 Å². The third-order valence-corrected chi connectivity index (χ3v) is 2.92. The molecule has 0 saturated heterocycles. The molecule has 23 heavy (non-hydrogen) atoms. The first-order valence-electron chi connectivity index (χ1n) is 8.36. The van der Waals surface area contributed by atoms with Gasteiger partial charge in [0, 0.05) is 19.0 Å². The molecule has 0 fully saturated rings. The molecular formula is C16H33FN2O4. The maximum atomic E-state index is 13.4. The predicted molar refractivity (Wildman–Crippen MR) is 88.4 cm³/mol. The zero-order chi connectivity index (χ0) is 17.5. The van der Waals surface area contributed by atoms with Gasteiger partial charge in [-0.1, -0.05) is 20.8 Å². The van der Waals surface area contributed by atoms with E-state index in [2.05, 4.69) is 24.5 Å². The Morgan fingerprint density at radius 3 is 2.48 bits per heavy atom. The maximum absolute atomic E-state index is 13.4. The van der Waals surface area contributed by atoms with Crippen LogP contribution in [0.3, 0.4) is 0 Å². The molecule has 0 spiro atoms. The number of carbonyl (C=O) groups is 1. The maximum Gasteiger partial charge on any atom is 0.219 e. The standard InChI is InChI=1S/C16H33FN2O4/c1-5-16(20)19-10-15(17)12-22-11-14(4)23-9-8-21-7-6-18-13(2)3/h13-15,18H,5-12H2,1-4H3,(H,19,20). The lowest BCUT2D eigenvalue weighted by Crippen LogP contribution is -2.32. The third kappa shape index (κ3) is 15.9. The molecule has 0 radical (unpaired) electrons. The highest BCUT2D eigenvalue weighted by atomic mass is 19.1. The van der Waals surface area contributed by atoms with Gasteiger partial charge in [-0.25, -0.2) is 4.39 Å². The van der Waals surface area contributed by atoms with Crippen molar-refractivity contribution in [3.05, 3.63) is 0 Å². The van der Waals surface area contributed by atoms with Crippen LogP contribution in [-0.2, 0) is 19.0 Å². The minimum Gasteiger partial charge on any atom is -0.378 e. The molecule has 0 aliphatic carbocycles. The number of carbonyl (C=O) groups excluding carboxylic acids is 1. The van der Waals surface area contributed by atoms with Crippen molar-refractivity contribution < 1.29 is 23.4 Å². The Morgan fingerprint density at radius 2 is 1.83 bits per heavy atom. The Balaban J connectivity index is 3.39. The summed E-state index contributed by atoms with van der Waals surface area (Å²) in [5, 5.41) is 5.75. The predicted octanol–water partition coefficient (Wildman–Crippen LogP) is 1.29. The van der Waals surface area contributed by atoms with Crippen molar-refractivity contribution in [1.29, 1.82) is 0 Å². The molecule has 138 valence electrons. The molecule has 1 amide bonds. The molecule has 0 rings (SSSR count). The first-order valence-corrected chi connectivity index (χ1v) is 8.36. The van der Waals surface area contributed by atoms with Crippen LogP contribution in [0.4, 0.5) is 4.39 Å². The number of alkyl halides is 1. The molecule has 2 unspecified atom stereocenters.